The van der Waals surface area contributed by atoms with E-state index in [1.54, 1.807) is 13.8 Å². The van der Waals surface area contributed by atoms with Gasteiger partial charge >= 0.3 is 0 Å². The molecule has 2 amide bonds. The molecular formula is C14H26N2O3S. The Kier molecular flexibility index (Phi) is 7.90. The number of carbonyl (C=O) groups excluding carboxylic acids is 2. The third-order valence-electron chi connectivity index (χ3n) is 3.63. The van der Waals surface area contributed by atoms with Gasteiger partial charge in [0.2, 0.25) is 5.91 Å². The normalized spacial score (nSPS) is 14.2. The van der Waals surface area contributed by atoms with Gasteiger partial charge in [0.1, 0.15) is 0 Å². The van der Waals surface area contributed by atoms with Gasteiger partial charge in [0.05, 0.1) is 0 Å². The summed E-state index contributed by atoms with van der Waals surface area (Å²) in [6.07, 6.45) is 2.04. The first-order valence-electron chi connectivity index (χ1n) is 6.77. The van der Waals surface area contributed by atoms with Gasteiger partial charge in [-0.25, -0.2) is 0 Å². The van der Waals surface area contributed by atoms with Crippen LogP contribution in [0.3, 0.4) is 0 Å². The Hall–Kier alpha value is -1.01. The molecule has 0 fully saturated rings. The molecule has 0 aromatic rings. The predicted octanol–water partition coefficient (Wildman–Crippen LogP) is 0.892. The Balaban J connectivity index is 4.45. The first-order valence-corrected chi connectivity index (χ1v) is 7.40. The van der Waals surface area contributed by atoms with Gasteiger partial charge in [-0.15, -0.1) is 0 Å². The summed E-state index contributed by atoms with van der Waals surface area (Å²) >= 11 is 3.98. The van der Waals surface area contributed by atoms with Crippen molar-refractivity contribution in [2.75, 3.05) is 18.8 Å². The lowest BCUT2D eigenvalue weighted by molar-refractivity contribution is -0.145. The molecule has 116 valence electrons. The zero-order chi connectivity index (χ0) is 15.8. The van der Waals surface area contributed by atoms with Gasteiger partial charge in [0.15, 0.2) is 5.60 Å². The van der Waals surface area contributed by atoms with Crippen LogP contribution >= 0.6 is 12.6 Å². The molecule has 0 aromatic heterocycles. The molecule has 0 aromatic carbocycles. The van der Waals surface area contributed by atoms with Gasteiger partial charge in [-0.3, -0.25) is 9.59 Å². The molecule has 0 saturated heterocycles. The van der Waals surface area contributed by atoms with E-state index in [0.29, 0.717) is 18.7 Å². The van der Waals surface area contributed by atoms with E-state index in [1.165, 1.54) is 6.08 Å². The van der Waals surface area contributed by atoms with Crippen LogP contribution in [0.25, 0.3) is 0 Å². The minimum absolute atomic E-state index is 0.156. The van der Waals surface area contributed by atoms with E-state index in [9.17, 15) is 14.7 Å². The van der Waals surface area contributed by atoms with Gasteiger partial charge < -0.3 is 15.7 Å². The monoisotopic (exact) mass is 302 g/mol. The van der Waals surface area contributed by atoms with E-state index in [-0.39, 0.29) is 18.9 Å². The lowest BCUT2D eigenvalue weighted by Gasteiger charge is -2.38. The summed E-state index contributed by atoms with van der Waals surface area (Å²) in [6, 6.07) is 0. The van der Waals surface area contributed by atoms with Crippen LogP contribution in [-0.4, -0.2) is 41.4 Å². The van der Waals surface area contributed by atoms with Crippen molar-refractivity contribution in [2.45, 2.75) is 39.2 Å². The van der Waals surface area contributed by atoms with E-state index in [0.717, 1.165) is 0 Å². The highest BCUT2D eigenvalue weighted by atomic mass is 32.1. The summed E-state index contributed by atoms with van der Waals surface area (Å²) in [6.45, 7) is 9.72. The molecule has 0 saturated carbocycles. The Morgan fingerprint density at radius 2 is 1.90 bits per heavy atom. The Labute approximate surface area is 126 Å². The fraction of sp³-hybridized carbons (Fsp3) is 0.714. The number of thiol groups is 1. The second-order valence-electron chi connectivity index (χ2n) is 5.29. The molecule has 0 radical (unpaired) electrons. The molecule has 0 bridgehead atoms. The van der Waals surface area contributed by atoms with E-state index >= 15 is 0 Å². The van der Waals surface area contributed by atoms with Crippen molar-refractivity contribution in [2.24, 2.45) is 5.41 Å². The largest absolute Gasteiger partial charge is 0.375 e. The smallest absolute Gasteiger partial charge is 0.256 e. The highest BCUT2D eigenvalue weighted by Crippen LogP contribution is 2.35. The van der Waals surface area contributed by atoms with Crippen LogP contribution in [0.2, 0.25) is 0 Å². The number of rotatable bonds is 9. The molecule has 20 heavy (non-hydrogen) atoms. The summed E-state index contributed by atoms with van der Waals surface area (Å²) < 4.78 is 0. The quantitative estimate of drug-likeness (QED) is 0.377. The lowest BCUT2D eigenvalue weighted by Crippen LogP contribution is -2.55. The van der Waals surface area contributed by atoms with Crippen molar-refractivity contribution in [3.05, 3.63) is 12.7 Å². The molecule has 3 N–H and O–H groups in total. The number of hydrogen-bond donors (Lipinski definition) is 4. The molecule has 0 rings (SSSR count). The Morgan fingerprint density at radius 1 is 1.30 bits per heavy atom. The summed E-state index contributed by atoms with van der Waals surface area (Å²) in [5.74, 6) is -0.114. The summed E-state index contributed by atoms with van der Waals surface area (Å²) in [4.78, 5) is 23.5. The van der Waals surface area contributed by atoms with Gasteiger partial charge in [0.25, 0.3) is 5.91 Å². The number of aliphatic hydroxyl groups is 1. The fourth-order valence-electron chi connectivity index (χ4n) is 1.65. The molecule has 1 atom stereocenters. The molecule has 5 nitrogen and oxygen atoms in total. The number of carbonyl (C=O) groups is 2. The average Bonchev–Trinajstić information content (AvgIpc) is 2.43. The van der Waals surface area contributed by atoms with E-state index < -0.39 is 16.9 Å². The van der Waals surface area contributed by atoms with Crippen LogP contribution in [-0.2, 0) is 9.59 Å². The van der Waals surface area contributed by atoms with Crippen molar-refractivity contribution in [1.82, 2.24) is 10.6 Å². The van der Waals surface area contributed by atoms with Crippen LogP contribution < -0.4 is 10.6 Å². The standard InChI is InChI=1S/C14H26N2O3S/c1-5-13(3,4)14(19,6-2)12(18)16-8-7-11(17)15-9-10-20/h6,19-20H,2,5,7-10H2,1,3-4H3,(H,15,17)(H,16,18)/t14-/m0/s1. The van der Waals surface area contributed by atoms with E-state index in [2.05, 4.69) is 29.8 Å². The maximum atomic E-state index is 12.1. The molecule has 6 heteroatoms. The van der Waals surface area contributed by atoms with Crippen LogP contribution in [0.1, 0.15) is 33.6 Å². The fourth-order valence-corrected chi connectivity index (χ4v) is 1.77. The van der Waals surface area contributed by atoms with Crippen LogP contribution in [0.15, 0.2) is 12.7 Å². The predicted molar refractivity (Wildman–Crippen MR) is 83.7 cm³/mol. The zero-order valence-corrected chi connectivity index (χ0v) is 13.4. The minimum Gasteiger partial charge on any atom is -0.375 e. The molecular weight excluding hydrogens is 276 g/mol. The average molecular weight is 302 g/mol. The third kappa shape index (κ3) is 4.83. The molecule has 0 aliphatic carbocycles. The molecule has 0 heterocycles. The van der Waals surface area contributed by atoms with Crippen molar-refractivity contribution in [3.63, 3.8) is 0 Å². The number of hydrogen-bond acceptors (Lipinski definition) is 4. The van der Waals surface area contributed by atoms with Crippen molar-refractivity contribution in [3.8, 4) is 0 Å². The third-order valence-corrected chi connectivity index (χ3v) is 3.85. The maximum Gasteiger partial charge on any atom is 0.256 e. The second kappa shape index (κ2) is 8.32. The summed E-state index contributed by atoms with van der Waals surface area (Å²) in [5.41, 5.74) is -2.28. The lowest BCUT2D eigenvalue weighted by atomic mass is 9.72. The second-order valence-corrected chi connectivity index (χ2v) is 5.73. The van der Waals surface area contributed by atoms with Crippen LogP contribution in [0.4, 0.5) is 0 Å². The number of amides is 2. The van der Waals surface area contributed by atoms with Crippen LogP contribution in [0.5, 0.6) is 0 Å². The summed E-state index contributed by atoms with van der Waals surface area (Å²) in [5, 5.41) is 15.7. The molecule has 0 aliphatic heterocycles. The van der Waals surface area contributed by atoms with Gasteiger partial charge in [-0.2, -0.15) is 12.6 Å². The molecule has 0 unspecified atom stereocenters. The van der Waals surface area contributed by atoms with Gasteiger partial charge in [0, 0.05) is 30.7 Å². The van der Waals surface area contributed by atoms with E-state index in [1.807, 2.05) is 6.92 Å². The summed E-state index contributed by atoms with van der Waals surface area (Å²) in [7, 11) is 0. The number of nitrogens with one attached hydrogen (secondary N) is 2. The molecule has 0 aliphatic rings. The van der Waals surface area contributed by atoms with E-state index in [4.69, 9.17) is 0 Å². The first kappa shape index (κ1) is 19.0. The minimum atomic E-state index is -1.65. The Bertz CT molecular complexity index is 358. The highest BCUT2D eigenvalue weighted by Gasteiger charge is 2.46. The zero-order valence-electron chi connectivity index (χ0n) is 12.5. The van der Waals surface area contributed by atoms with Crippen molar-refractivity contribution >= 4 is 24.4 Å². The molecule has 0 spiro atoms. The topological polar surface area (TPSA) is 78.4 Å². The van der Waals surface area contributed by atoms with Crippen molar-refractivity contribution < 1.29 is 14.7 Å². The van der Waals surface area contributed by atoms with Gasteiger partial charge in [-0.05, 0) is 6.42 Å². The van der Waals surface area contributed by atoms with Crippen LogP contribution in [0, 0.1) is 5.41 Å². The van der Waals surface area contributed by atoms with Crippen molar-refractivity contribution in [1.29, 1.82) is 0 Å². The Morgan fingerprint density at radius 3 is 2.35 bits per heavy atom. The first-order chi connectivity index (χ1) is 9.25. The maximum absolute atomic E-state index is 12.1. The highest BCUT2D eigenvalue weighted by molar-refractivity contribution is 7.80. The van der Waals surface area contributed by atoms with Gasteiger partial charge in [-0.1, -0.05) is 33.4 Å². The SMILES string of the molecule is C=C[C@](O)(C(=O)NCCC(=O)NCCS)C(C)(C)CC.